The smallest absolute Gasteiger partial charge is 0.302 e. The summed E-state index contributed by atoms with van der Waals surface area (Å²) in [6.45, 7) is 21.2. The number of pyridine rings is 4. The lowest BCUT2D eigenvalue weighted by Gasteiger charge is -2.46. The first-order chi connectivity index (χ1) is 60.2. The largest absolute Gasteiger partial charge is 0.466 e. The Hall–Kier alpha value is -15.2. The molecule has 0 fully saturated rings. The van der Waals surface area contributed by atoms with Crippen LogP contribution in [0.2, 0.25) is 0 Å². The molecule has 0 saturated carbocycles. The van der Waals surface area contributed by atoms with Crippen molar-refractivity contribution in [2.75, 3.05) is 54.4 Å². The van der Waals surface area contributed by atoms with Crippen molar-refractivity contribution in [2.45, 2.75) is 114 Å². The van der Waals surface area contributed by atoms with E-state index in [9.17, 15) is 45.3 Å². The van der Waals surface area contributed by atoms with Crippen LogP contribution >= 0.6 is 0 Å². The van der Waals surface area contributed by atoms with Gasteiger partial charge in [-0.2, -0.15) is 0 Å². The van der Waals surface area contributed by atoms with Crippen LogP contribution in [0.1, 0.15) is 114 Å². The van der Waals surface area contributed by atoms with E-state index < -0.39 is 64.3 Å². The van der Waals surface area contributed by atoms with Gasteiger partial charge in [0.15, 0.2) is 0 Å². The van der Waals surface area contributed by atoms with Gasteiger partial charge in [0.1, 0.15) is 23.0 Å². The van der Waals surface area contributed by atoms with E-state index >= 15 is 0 Å². The standard InChI is InChI=1S/2C48H40N6O6.C4H8O2/c2*1-45(2)41-35(29-17-23-49-24-18-29)9-11-37(43(41)51(5)47(45)21-15-31-27-33(53(55)56)7-13-39(31)59-47)38-12-10-36(30-19-25-50-26-20-30)42-44(38)52(6)48(46(42,3)4)22-16-32-28-34(54(57)58)8-14-40(32)60-48;1-3-6-4(2)5/h2*7-28H,1-6H3;3H2,1-2H3/t2*47-,48+;. The van der Waals surface area contributed by atoms with Crippen LogP contribution in [-0.2, 0) is 31.2 Å². The Morgan fingerprint density at radius 1 is 0.325 bits per heavy atom. The van der Waals surface area contributed by atoms with Crippen LogP contribution in [0.25, 0.3) is 91.1 Å². The van der Waals surface area contributed by atoms with Crippen LogP contribution in [0.3, 0.4) is 0 Å². The molecule has 0 saturated heterocycles. The molecule has 8 aliphatic heterocycles. The number of nitrogens with zero attached hydrogens (tertiary/aromatic N) is 12. The van der Waals surface area contributed by atoms with Crippen LogP contribution < -0.4 is 38.5 Å². The molecule has 26 heteroatoms. The lowest BCUT2D eigenvalue weighted by molar-refractivity contribution is -0.385. The SMILES string of the molecule is CCOC(C)=O.CN1c2c(-c3ccc(-c4ccncc4)c4c3N(C)[C@]3(C=Cc5cc([N+](=O)[O-])ccc5O3)C4(C)C)ccc(-c3ccncc3)c2C(C)(C)[C@]12C=Cc1cc([N+](=O)[O-])ccc1O2.CN1c2c(-c3ccc(-c4ccncc4)c4c3N(C)[C@]3(C=Cc5cc([N+](=O)[O-])ccc5O3)C4(C)C)ccc(-c3ccncc3)c2C(C)(C)[C@]12C=Cc1cc([N+](=O)[O-])ccc1O2. The Labute approximate surface area is 726 Å². The van der Waals surface area contributed by atoms with Gasteiger partial charge < -0.3 is 43.3 Å². The molecule has 12 aromatic rings. The van der Waals surface area contributed by atoms with Gasteiger partial charge in [0.25, 0.3) is 22.7 Å². The number of carbonyl (C=O) groups excluding carboxylic acids is 1. The molecule has 20 rings (SSSR count). The van der Waals surface area contributed by atoms with Gasteiger partial charge in [-0.3, -0.25) is 65.2 Å². The average Bonchev–Trinajstić information content (AvgIpc) is 1.51. The first-order valence-electron chi connectivity index (χ1n) is 41.2. The third-order valence-corrected chi connectivity index (χ3v) is 26.9. The van der Waals surface area contributed by atoms with Crippen LogP contribution in [0, 0.1) is 40.5 Å². The number of fused-ring (bicyclic) bond motifs is 8. The van der Waals surface area contributed by atoms with Gasteiger partial charge in [0.2, 0.25) is 22.9 Å². The van der Waals surface area contributed by atoms with E-state index in [1.807, 2.05) is 97.1 Å². The van der Waals surface area contributed by atoms with E-state index in [0.717, 1.165) is 112 Å². The monoisotopic (exact) mass is 1680 g/mol. The molecule has 0 radical (unpaired) electrons. The minimum atomic E-state index is -1.02. The summed E-state index contributed by atoms with van der Waals surface area (Å²) in [5, 5.41) is 46.8. The first-order valence-corrected chi connectivity index (χ1v) is 41.2. The predicted molar refractivity (Wildman–Crippen MR) is 487 cm³/mol. The van der Waals surface area contributed by atoms with Crippen molar-refractivity contribution in [3.05, 3.63) is 329 Å². The zero-order valence-electron chi connectivity index (χ0n) is 71.7. The number of hydrogen-bond acceptors (Lipinski definition) is 22. The summed E-state index contributed by atoms with van der Waals surface area (Å²) in [5.74, 6) is 2.01. The molecule has 26 nitrogen and oxygen atoms in total. The molecular formula is C100H88N12O14. The number of carbonyl (C=O) groups is 1. The van der Waals surface area contributed by atoms with Crippen LogP contribution in [-0.4, -0.2) is 103 Å². The number of anilines is 4. The van der Waals surface area contributed by atoms with Gasteiger partial charge in [0.05, 0.1) is 70.7 Å². The number of hydrogen-bond donors (Lipinski definition) is 0. The van der Waals surface area contributed by atoms with Gasteiger partial charge in [-0.25, -0.2) is 0 Å². The number of ether oxygens (including phenoxy) is 5. The fraction of sp³-hybridized carbons (Fsp3) is 0.230. The third-order valence-electron chi connectivity index (χ3n) is 26.9. The van der Waals surface area contributed by atoms with Crippen LogP contribution in [0.15, 0.2) is 244 Å². The maximum absolute atomic E-state index is 11.7. The lowest BCUT2D eigenvalue weighted by atomic mass is 9.72. The molecule has 0 aliphatic carbocycles. The molecule has 8 aliphatic rings. The molecule has 12 heterocycles. The number of esters is 1. The highest BCUT2D eigenvalue weighted by Crippen LogP contribution is 2.67. The highest BCUT2D eigenvalue weighted by atomic mass is 16.6. The summed E-state index contributed by atoms with van der Waals surface area (Å²) in [6.07, 6.45) is 30.2. The summed E-state index contributed by atoms with van der Waals surface area (Å²) in [7, 11) is 8.21. The zero-order valence-corrected chi connectivity index (χ0v) is 71.7. The van der Waals surface area contributed by atoms with Crippen molar-refractivity contribution in [3.63, 3.8) is 0 Å². The van der Waals surface area contributed by atoms with Crippen molar-refractivity contribution >= 4 is 75.8 Å². The van der Waals surface area contributed by atoms with Gasteiger partial charge in [-0.15, -0.1) is 0 Å². The minimum Gasteiger partial charge on any atom is -0.466 e. The summed E-state index contributed by atoms with van der Waals surface area (Å²) in [5.41, 5.74) is 16.1. The maximum atomic E-state index is 11.7. The molecule has 4 atom stereocenters. The van der Waals surface area contributed by atoms with E-state index in [-0.39, 0.29) is 28.7 Å². The predicted octanol–water partition coefficient (Wildman–Crippen LogP) is 21.3. The second-order valence-electron chi connectivity index (χ2n) is 34.6. The molecule has 8 aromatic carbocycles. The number of benzene rings is 8. The molecule has 126 heavy (non-hydrogen) atoms. The van der Waals surface area contributed by atoms with E-state index in [0.29, 0.717) is 51.9 Å². The van der Waals surface area contributed by atoms with E-state index in [1.165, 1.54) is 31.2 Å². The van der Waals surface area contributed by atoms with Crippen molar-refractivity contribution in [1.82, 2.24) is 19.9 Å². The van der Waals surface area contributed by atoms with Crippen molar-refractivity contribution in [1.29, 1.82) is 0 Å². The molecule has 4 spiro atoms. The lowest BCUT2D eigenvalue weighted by Crippen LogP contribution is -2.58. The van der Waals surface area contributed by atoms with Crippen molar-refractivity contribution in [3.8, 4) is 89.8 Å². The highest BCUT2D eigenvalue weighted by Gasteiger charge is 2.65. The Morgan fingerprint density at radius 2 is 0.524 bits per heavy atom. The van der Waals surface area contributed by atoms with Gasteiger partial charge >= 0.3 is 5.97 Å². The molecule has 4 aromatic heterocycles. The second-order valence-corrected chi connectivity index (χ2v) is 34.6. The van der Waals surface area contributed by atoms with E-state index in [1.54, 1.807) is 105 Å². The summed E-state index contributed by atoms with van der Waals surface area (Å²) in [4.78, 5) is 81.2. The minimum absolute atomic E-state index is 0.00184. The Kier molecular flexibility index (Phi) is 19.2. The number of rotatable bonds is 11. The normalized spacial score (nSPS) is 20.3. The van der Waals surface area contributed by atoms with Crippen LogP contribution in [0.4, 0.5) is 45.5 Å². The van der Waals surface area contributed by atoms with Crippen molar-refractivity contribution in [2.24, 2.45) is 0 Å². The average molecular weight is 1680 g/mol. The van der Waals surface area contributed by atoms with Crippen LogP contribution in [0.5, 0.6) is 23.0 Å². The molecular weight excluding hydrogens is 1590 g/mol. The number of nitro groups is 4. The Bertz CT molecular complexity index is 5950. The summed E-state index contributed by atoms with van der Waals surface area (Å²) in [6, 6.07) is 52.5. The van der Waals surface area contributed by atoms with Gasteiger partial charge in [-0.05, 0) is 250 Å². The molecule has 632 valence electrons. The topological polar surface area (TPSA) is 300 Å². The van der Waals surface area contributed by atoms with Crippen molar-refractivity contribution < 1.29 is 48.2 Å². The molecule has 0 unspecified atom stereocenters. The molecule has 0 amide bonds. The molecule has 0 bridgehead atoms. The molecule has 0 N–H and O–H groups in total. The second kappa shape index (κ2) is 29.5. The third kappa shape index (κ3) is 12.1. The Morgan fingerprint density at radius 3 is 0.698 bits per heavy atom. The summed E-state index contributed by atoms with van der Waals surface area (Å²) >= 11 is 0. The number of aromatic nitrogens is 4. The Balaban J connectivity index is 0.000000161. The number of nitro benzene ring substituents is 4. The fourth-order valence-corrected chi connectivity index (χ4v) is 20.7. The quantitative estimate of drug-likeness (QED) is 0.0660. The maximum Gasteiger partial charge on any atom is 0.302 e. The number of likely N-dealkylation sites (N-methyl/N-ethyl adjacent to an activating group) is 4. The number of non-ortho nitro benzene ring substituents is 4. The van der Waals surface area contributed by atoms with Gasteiger partial charge in [0, 0.05) is 178 Å². The summed E-state index contributed by atoms with van der Waals surface area (Å²) < 4.78 is 32.8. The highest BCUT2D eigenvalue weighted by molar-refractivity contribution is 6.03. The zero-order chi connectivity index (χ0) is 88.9. The fourth-order valence-electron chi connectivity index (χ4n) is 20.7. The van der Waals surface area contributed by atoms with E-state index in [2.05, 4.69) is 176 Å². The first kappa shape index (κ1) is 81.8. The van der Waals surface area contributed by atoms with E-state index in [4.69, 9.17) is 18.9 Å². The van der Waals surface area contributed by atoms with Gasteiger partial charge in [-0.1, -0.05) is 48.5 Å².